The summed E-state index contributed by atoms with van der Waals surface area (Å²) in [4.78, 5) is 0. The molecule has 0 amide bonds. The van der Waals surface area contributed by atoms with Gasteiger partial charge in [-0.1, -0.05) is 6.07 Å². The number of nitriles is 1. The molecule has 1 aliphatic heterocycles. The third-order valence-electron chi connectivity index (χ3n) is 4.12. The van der Waals surface area contributed by atoms with Gasteiger partial charge in [-0.3, -0.25) is 5.41 Å². The molecule has 0 bridgehead atoms. The molecule has 0 saturated carbocycles. The summed E-state index contributed by atoms with van der Waals surface area (Å²) >= 11 is 3.46. The van der Waals surface area contributed by atoms with E-state index in [0.29, 0.717) is 21.7 Å². The monoisotopic (exact) mass is 402 g/mol. The molecule has 3 rings (SSSR count). The highest BCUT2D eigenvalue weighted by atomic mass is 79.9. The first-order valence-corrected chi connectivity index (χ1v) is 8.19. The largest absolute Gasteiger partial charge is 0.508 e. The molecule has 6 nitrogen and oxygen atoms in total. The van der Waals surface area contributed by atoms with Gasteiger partial charge in [-0.2, -0.15) is 5.26 Å². The number of benzene rings is 2. The maximum absolute atomic E-state index is 9.69. The van der Waals surface area contributed by atoms with Crippen molar-refractivity contribution < 1.29 is 19.3 Å². The average Bonchev–Trinajstić information content (AvgIpc) is 2.59. The van der Waals surface area contributed by atoms with Crippen LogP contribution in [0.3, 0.4) is 0 Å². The van der Waals surface area contributed by atoms with Crippen LogP contribution in [0.4, 0.5) is 0 Å². The fraction of sp³-hybridized carbons (Fsp3) is 0.222. The summed E-state index contributed by atoms with van der Waals surface area (Å²) in [6, 6.07) is 10.5. The lowest BCUT2D eigenvalue weighted by Gasteiger charge is -2.30. The van der Waals surface area contributed by atoms with E-state index in [2.05, 4.69) is 22.0 Å². The van der Waals surface area contributed by atoms with Gasteiger partial charge in [0.25, 0.3) is 0 Å². The highest BCUT2D eigenvalue weighted by Gasteiger charge is 2.37. The number of nitrogens with zero attached hydrogens (tertiary/aromatic N) is 1. The molecular weight excluding hydrogens is 388 g/mol. The van der Waals surface area contributed by atoms with Crippen molar-refractivity contribution in [1.29, 1.82) is 10.7 Å². The van der Waals surface area contributed by atoms with Crippen LogP contribution in [-0.2, 0) is 0 Å². The molecule has 1 aliphatic rings. The number of nitrogens with one attached hydrogen (secondary N) is 1. The highest BCUT2D eigenvalue weighted by molar-refractivity contribution is 9.10. The second-order valence-electron chi connectivity index (χ2n) is 5.51. The Labute approximate surface area is 153 Å². The van der Waals surface area contributed by atoms with Gasteiger partial charge in [0, 0.05) is 17.5 Å². The Hall–Kier alpha value is -2.72. The Morgan fingerprint density at radius 3 is 2.64 bits per heavy atom. The zero-order chi connectivity index (χ0) is 18.1. The van der Waals surface area contributed by atoms with Crippen molar-refractivity contribution >= 4 is 21.8 Å². The van der Waals surface area contributed by atoms with E-state index in [4.69, 9.17) is 19.6 Å². The fourth-order valence-electron chi connectivity index (χ4n) is 3.00. The number of rotatable bonds is 3. The van der Waals surface area contributed by atoms with E-state index in [-0.39, 0.29) is 11.6 Å². The standard InChI is InChI=1S/C18H15BrN2O4/c1-23-15-6-9(5-13(19)17(15)24-2)16-11-4-3-10(22)7-14(11)25-18(21)12(16)8-20/h3-7,12,16,21-22H,1-2H3. The normalized spacial score (nSPS) is 18.7. The van der Waals surface area contributed by atoms with Crippen LogP contribution in [0.15, 0.2) is 34.8 Å². The molecule has 0 saturated heterocycles. The lowest BCUT2D eigenvalue weighted by molar-refractivity contribution is 0.352. The first kappa shape index (κ1) is 17.1. The summed E-state index contributed by atoms with van der Waals surface area (Å²) in [7, 11) is 3.08. The number of aromatic hydroxyl groups is 1. The van der Waals surface area contributed by atoms with Crippen LogP contribution < -0.4 is 14.2 Å². The Balaban J connectivity index is 2.22. The third kappa shape index (κ3) is 2.89. The molecule has 25 heavy (non-hydrogen) atoms. The molecule has 2 atom stereocenters. The van der Waals surface area contributed by atoms with Gasteiger partial charge >= 0.3 is 0 Å². The van der Waals surface area contributed by atoms with Crippen molar-refractivity contribution in [3.63, 3.8) is 0 Å². The minimum Gasteiger partial charge on any atom is -0.508 e. The van der Waals surface area contributed by atoms with Gasteiger partial charge in [0.2, 0.25) is 5.90 Å². The number of methoxy groups -OCH3 is 2. The molecular formula is C18H15BrN2O4. The fourth-order valence-corrected chi connectivity index (χ4v) is 3.63. The quantitative estimate of drug-likeness (QED) is 0.813. The summed E-state index contributed by atoms with van der Waals surface area (Å²) in [5, 5.41) is 27.3. The third-order valence-corrected chi connectivity index (χ3v) is 4.71. The Bertz CT molecular complexity index is 891. The minimum absolute atomic E-state index is 0.0363. The number of fused-ring (bicyclic) bond motifs is 1. The average molecular weight is 403 g/mol. The number of hydrogen-bond acceptors (Lipinski definition) is 6. The van der Waals surface area contributed by atoms with Gasteiger partial charge in [0.1, 0.15) is 17.4 Å². The summed E-state index contributed by atoms with van der Waals surface area (Å²) in [5.74, 6) is 0.0906. The van der Waals surface area contributed by atoms with E-state index in [9.17, 15) is 10.4 Å². The lowest BCUT2D eigenvalue weighted by Crippen LogP contribution is -2.30. The molecule has 2 aromatic carbocycles. The molecule has 0 fully saturated rings. The van der Waals surface area contributed by atoms with E-state index >= 15 is 0 Å². The summed E-state index contributed by atoms with van der Waals surface area (Å²) in [6.07, 6.45) is 0. The molecule has 0 aromatic heterocycles. The van der Waals surface area contributed by atoms with Crippen LogP contribution in [0.25, 0.3) is 0 Å². The minimum atomic E-state index is -0.790. The van der Waals surface area contributed by atoms with Gasteiger partial charge in [-0.25, -0.2) is 0 Å². The molecule has 128 valence electrons. The first-order chi connectivity index (χ1) is 12.0. The van der Waals surface area contributed by atoms with Gasteiger partial charge < -0.3 is 19.3 Å². The van der Waals surface area contributed by atoms with Gasteiger partial charge in [0.15, 0.2) is 11.5 Å². The molecule has 7 heteroatoms. The Morgan fingerprint density at radius 1 is 1.24 bits per heavy atom. The van der Waals surface area contributed by atoms with Crippen molar-refractivity contribution in [2.75, 3.05) is 14.2 Å². The van der Waals surface area contributed by atoms with Crippen LogP contribution in [0.1, 0.15) is 17.0 Å². The number of ether oxygens (including phenoxy) is 3. The van der Waals surface area contributed by atoms with Crippen molar-refractivity contribution in [2.24, 2.45) is 5.92 Å². The molecule has 0 spiro atoms. The van der Waals surface area contributed by atoms with Gasteiger partial charge in [0.05, 0.1) is 24.8 Å². The van der Waals surface area contributed by atoms with Crippen LogP contribution in [0, 0.1) is 22.7 Å². The van der Waals surface area contributed by atoms with E-state index in [1.165, 1.54) is 19.2 Å². The van der Waals surface area contributed by atoms with E-state index in [0.717, 1.165) is 11.1 Å². The molecule has 1 heterocycles. The second kappa shape index (κ2) is 6.65. The summed E-state index contributed by atoms with van der Waals surface area (Å²) in [6.45, 7) is 0. The van der Waals surface area contributed by atoms with Crippen LogP contribution in [-0.4, -0.2) is 25.2 Å². The first-order valence-electron chi connectivity index (χ1n) is 7.40. The van der Waals surface area contributed by atoms with Gasteiger partial charge in [-0.15, -0.1) is 0 Å². The summed E-state index contributed by atoms with van der Waals surface area (Å²) < 4.78 is 16.8. The van der Waals surface area contributed by atoms with E-state index < -0.39 is 11.8 Å². The van der Waals surface area contributed by atoms with Crippen molar-refractivity contribution in [1.82, 2.24) is 0 Å². The van der Waals surface area contributed by atoms with E-state index in [1.807, 2.05) is 6.07 Å². The number of halogens is 1. The molecule has 2 N–H and O–H groups in total. The highest BCUT2D eigenvalue weighted by Crippen LogP contribution is 2.46. The van der Waals surface area contributed by atoms with Crippen LogP contribution in [0.2, 0.25) is 0 Å². The van der Waals surface area contributed by atoms with E-state index in [1.54, 1.807) is 19.2 Å². The van der Waals surface area contributed by atoms with Crippen LogP contribution in [0.5, 0.6) is 23.0 Å². The second-order valence-corrected chi connectivity index (χ2v) is 6.37. The Morgan fingerprint density at radius 2 is 2.00 bits per heavy atom. The maximum atomic E-state index is 9.69. The summed E-state index contributed by atoms with van der Waals surface area (Å²) in [5.41, 5.74) is 1.50. The number of hydrogen-bond donors (Lipinski definition) is 2. The predicted octanol–water partition coefficient (Wildman–Crippen LogP) is 3.81. The molecule has 0 radical (unpaired) electrons. The molecule has 2 aromatic rings. The number of phenolic OH excluding ortho intramolecular Hbond substituents is 1. The lowest BCUT2D eigenvalue weighted by atomic mass is 9.79. The van der Waals surface area contributed by atoms with Gasteiger partial charge in [-0.05, 0) is 39.7 Å². The molecule has 0 aliphatic carbocycles. The number of phenols is 1. The van der Waals surface area contributed by atoms with Crippen LogP contribution >= 0.6 is 15.9 Å². The van der Waals surface area contributed by atoms with Crippen molar-refractivity contribution in [3.8, 4) is 29.1 Å². The predicted molar refractivity (Wildman–Crippen MR) is 94.7 cm³/mol. The molecule has 2 unspecified atom stereocenters. The topological polar surface area (TPSA) is 95.6 Å². The van der Waals surface area contributed by atoms with Crippen molar-refractivity contribution in [3.05, 3.63) is 45.9 Å². The smallest absolute Gasteiger partial charge is 0.205 e. The SMILES string of the molecule is COc1cc(C2c3ccc(O)cc3OC(=N)C2C#N)cc(Br)c1OC. The Kier molecular flexibility index (Phi) is 4.55. The zero-order valence-electron chi connectivity index (χ0n) is 13.5. The zero-order valence-corrected chi connectivity index (χ0v) is 15.1. The van der Waals surface area contributed by atoms with Crippen molar-refractivity contribution in [2.45, 2.75) is 5.92 Å². The maximum Gasteiger partial charge on any atom is 0.205 e.